The number of hydrogen-bond donors (Lipinski definition) is 2. The highest BCUT2D eigenvalue weighted by Crippen LogP contribution is 2.27. The van der Waals surface area contributed by atoms with Crippen LogP contribution in [0.25, 0.3) is 21.8 Å². The molecule has 0 atom stereocenters. The second-order valence-electron chi connectivity index (χ2n) is 7.25. The van der Waals surface area contributed by atoms with Gasteiger partial charge in [0.05, 0.1) is 19.2 Å². The average Bonchev–Trinajstić information content (AvgIpc) is 3.16. The maximum Gasteiger partial charge on any atom is 0.355 e. The standard InChI is InChI=1S/C24H19N5O3/c1-32-18-7-4-15(5-8-18)14-29-20-3-2-11-25-22(20)23(28-29)27-17-6-9-19-16(13-17)10-12-26-21(19)24(30)31/h2-13H,14H2,1H3,(H,27,28)(H,30,31). The molecule has 0 saturated heterocycles. The summed E-state index contributed by atoms with van der Waals surface area (Å²) in [6.07, 6.45) is 3.23. The fourth-order valence-corrected chi connectivity index (χ4v) is 3.68. The minimum absolute atomic E-state index is 0.0323. The summed E-state index contributed by atoms with van der Waals surface area (Å²) in [5.41, 5.74) is 3.56. The second kappa shape index (κ2) is 7.99. The van der Waals surface area contributed by atoms with E-state index < -0.39 is 5.97 Å². The maximum atomic E-state index is 11.4. The van der Waals surface area contributed by atoms with Gasteiger partial charge in [-0.05, 0) is 59.5 Å². The number of anilines is 2. The molecular weight excluding hydrogens is 406 g/mol. The number of rotatable bonds is 6. The van der Waals surface area contributed by atoms with Crippen molar-refractivity contribution in [3.05, 3.63) is 84.3 Å². The number of fused-ring (bicyclic) bond motifs is 2. The molecule has 0 bridgehead atoms. The Balaban J connectivity index is 1.50. The number of carboxylic acids is 1. The van der Waals surface area contributed by atoms with Crippen molar-refractivity contribution in [3.63, 3.8) is 0 Å². The van der Waals surface area contributed by atoms with Gasteiger partial charge in [0.2, 0.25) is 0 Å². The van der Waals surface area contributed by atoms with Crippen LogP contribution >= 0.6 is 0 Å². The molecule has 8 heteroatoms. The molecule has 0 radical (unpaired) electrons. The van der Waals surface area contributed by atoms with Crippen LogP contribution in [0.3, 0.4) is 0 Å². The van der Waals surface area contributed by atoms with E-state index in [2.05, 4.69) is 15.3 Å². The number of methoxy groups -OCH3 is 1. The van der Waals surface area contributed by atoms with Crippen molar-refractivity contribution < 1.29 is 14.6 Å². The van der Waals surface area contributed by atoms with E-state index in [1.807, 2.05) is 53.2 Å². The molecule has 2 aromatic carbocycles. The van der Waals surface area contributed by atoms with Crippen LogP contribution in [0.1, 0.15) is 16.1 Å². The smallest absolute Gasteiger partial charge is 0.355 e. The Bertz CT molecular complexity index is 1440. The topological polar surface area (TPSA) is 102 Å². The zero-order chi connectivity index (χ0) is 22.1. The zero-order valence-corrected chi connectivity index (χ0v) is 17.2. The number of hydrogen-bond acceptors (Lipinski definition) is 6. The van der Waals surface area contributed by atoms with Gasteiger partial charge in [0, 0.05) is 23.5 Å². The van der Waals surface area contributed by atoms with E-state index in [-0.39, 0.29) is 5.69 Å². The first-order valence-corrected chi connectivity index (χ1v) is 9.96. The third-order valence-corrected chi connectivity index (χ3v) is 5.23. The van der Waals surface area contributed by atoms with E-state index in [0.29, 0.717) is 17.7 Å². The third kappa shape index (κ3) is 3.58. The number of nitrogens with zero attached hydrogens (tertiary/aromatic N) is 4. The predicted molar refractivity (Wildman–Crippen MR) is 122 cm³/mol. The lowest BCUT2D eigenvalue weighted by Crippen LogP contribution is -2.03. The van der Waals surface area contributed by atoms with Crippen LogP contribution in [0.15, 0.2) is 73.1 Å². The molecule has 0 aliphatic heterocycles. The van der Waals surface area contributed by atoms with E-state index >= 15 is 0 Å². The lowest BCUT2D eigenvalue weighted by molar-refractivity contribution is 0.0693. The molecule has 3 aromatic heterocycles. The van der Waals surface area contributed by atoms with Gasteiger partial charge in [-0.15, -0.1) is 0 Å². The summed E-state index contributed by atoms with van der Waals surface area (Å²) in [6, 6.07) is 18.9. The van der Waals surface area contributed by atoms with E-state index in [4.69, 9.17) is 9.84 Å². The summed E-state index contributed by atoms with van der Waals surface area (Å²) in [5, 5.41) is 18.8. The number of ether oxygens (including phenoxy) is 1. The monoisotopic (exact) mass is 425 g/mol. The number of carbonyl (C=O) groups is 1. The average molecular weight is 425 g/mol. The van der Waals surface area contributed by atoms with Crippen LogP contribution in [-0.2, 0) is 6.54 Å². The molecule has 0 unspecified atom stereocenters. The lowest BCUT2D eigenvalue weighted by atomic mass is 10.1. The first-order valence-electron chi connectivity index (χ1n) is 9.96. The molecule has 158 valence electrons. The summed E-state index contributed by atoms with van der Waals surface area (Å²) in [5.74, 6) is 0.380. The van der Waals surface area contributed by atoms with Crippen LogP contribution in [0.4, 0.5) is 11.5 Å². The minimum Gasteiger partial charge on any atom is -0.497 e. The quantitative estimate of drug-likeness (QED) is 0.414. The molecule has 0 spiro atoms. The molecule has 2 N–H and O–H groups in total. The van der Waals surface area contributed by atoms with Crippen molar-refractivity contribution in [2.45, 2.75) is 6.54 Å². The molecular formula is C24H19N5O3. The highest BCUT2D eigenvalue weighted by Gasteiger charge is 2.14. The first-order chi connectivity index (χ1) is 15.6. The second-order valence-corrected chi connectivity index (χ2v) is 7.25. The van der Waals surface area contributed by atoms with Gasteiger partial charge in [0.1, 0.15) is 11.3 Å². The SMILES string of the molecule is COc1ccc(Cn2nc(Nc3ccc4c(C(=O)O)nccc4c3)c3ncccc32)cc1. The van der Waals surface area contributed by atoms with Crippen LogP contribution in [0.5, 0.6) is 5.75 Å². The van der Waals surface area contributed by atoms with Gasteiger partial charge in [0.15, 0.2) is 11.5 Å². The molecule has 0 saturated carbocycles. The molecule has 32 heavy (non-hydrogen) atoms. The molecule has 5 rings (SSSR count). The number of aromatic carboxylic acids is 1. The number of carboxylic acid groups (broad SMARTS) is 1. The summed E-state index contributed by atoms with van der Waals surface area (Å²) in [4.78, 5) is 19.9. The van der Waals surface area contributed by atoms with Crippen molar-refractivity contribution >= 4 is 39.3 Å². The fourth-order valence-electron chi connectivity index (χ4n) is 3.68. The minimum atomic E-state index is -1.05. The Morgan fingerprint density at radius 3 is 2.69 bits per heavy atom. The number of pyridine rings is 2. The van der Waals surface area contributed by atoms with Crippen molar-refractivity contribution in [2.24, 2.45) is 0 Å². The summed E-state index contributed by atoms with van der Waals surface area (Å²) < 4.78 is 7.13. The summed E-state index contributed by atoms with van der Waals surface area (Å²) in [6.45, 7) is 0.583. The fraction of sp³-hybridized carbons (Fsp3) is 0.0833. The Morgan fingerprint density at radius 2 is 1.91 bits per heavy atom. The van der Waals surface area contributed by atoms with E-state index in [9.17, 15) is 9.90 Å². The summed E-state index contributed by atoms with van der Waals surface area (Å²) in [7, 11) is 1.64. The van der Waals surface area contributed by atoms with Gasteiger partial charge >= 0.3 is 5.97 Å². The number of benzene rings is 2. The molecule has 0 aliphatic carbocycles. The maximum absolute atomic E-state index is 11.4. The van der Waals surface area contributed by atoms with Crippen molar-refractivity contribution in [2.75, 3.05) is 12.4 Å². The van der Waals surface area contributed by atoms with Crippen molar-refractivity contribution in [3.8, 4) is 5.75 Å². The molecule has 0 fully saturated rings. The number of aromatic nitrogens is 4. The highest BCUT2D eigenvalue weighted by atomic mass is 16.5. The largest absolute Gasteiger partial charge is 0.497 e. The Kier molecular flexibility index (Phi) is 4.87. The van der Waals surface area contributed by atoms with Crippen LogP contribution in [-0.4, -0.2) is 37.9 Å². The van der Waals surface area contributed by atoms with Crippen molar-refractivity contribution in [1.29, 1.82) is 0 Å². The first kappa shape index (κ1) is 19.5. The zero-order valence-electron chi connectivity index (χ0n) is 17.2. The molecule has 0 aliphatic rings. The Hall–Kier alpha value is -4.46. The molecule has 0 amide bonds. The van der Waals surface area contributed by atoms with Gasteiger partial charge in [-0.3, -0.25) is 9.67 Å². The van der Waals surface area contributed by atoms with Crippen LogP contribution < -0.4 is 10.1 Å². The Labute approximate surface area is 183 Å². The van der Waals surface area contributed by atoms with E-state index in [1.165, 1.54) is 6.20 Å². The number of nitrogens with one attached hydrogen (secondary N) is 1. The van der Waals surface area contributed by atoms with E-state index in [0.717, 1.165) is 33.4 Å². The molecule has 8 nitrogen and oxygen atoms in total. The van der Waals surface area contributed by atoms with E-state index in [1.54, 1.807) is 25.4 Å². The van der Waals surface area contributed by atoms with Crippen LogP contribution in [0.2, 0.25) is 0 Å². The van der Waals surface area contributed by atoms with Gasteiger partial charge in [-0.25, -0.2) is 9.78 Å². The van der Waals surface area contributed by atoms with Gasteiger partial charge in [-0.1, -0.05) is 12.1 Å². The van der Waals surface area contributed by atoms with Crippen LogP contribution in [0, 0.1) is 0 Å². The summed E-state index contributed by atoms with van der Waals surface area (Å²) >= 11 is 0. The van der Waals surface area contributed by atoms with Gasteiger partial charge < -0.3 is 15.2 Å². The molecule has 5 aromatic rings. The highest BCUT2D eigenvalue weighted by molar-refractivity contribution is 6.02. The van der Waals surface area contributed by atoms with Gasteiger partial charge in [-0.2, -0.15) is 5.10 Å². The normalized spacial score (nSPS) is 11.0. The molecule has 3 heterocycles. The van der Waals surface area contributed by atoms with Gasteiger partial charge in [0.25, 0.3) is 0 Å². The Morgan fingerprint density at radius 1 is 1.06 bits per heavy atom. The van der Waals surface area contributed by atoms with Crippen molar-refractivity contribution in [1.82, 2.24) is 19.7 Å². The third-order valence-electron chi connectivity index (χ3n) is 5.23. The predicted octanol–water partition coefficient (Wildman–Crippen LogP) is 4.48. The lowest BCUT2D eigenvalue weighted by Gasteiger charge is -2.07.